The van der Waals surface area contributed by atoms with E-state index in [4.69, 9.17) is 21.1 Å². The first-order chi connectivity index (χ1) is 16.8. The highest BCUT2D eigenvalue weighted by molar-refractivity contribution is 9.10. The fourth-order valence-electron chi connectivity index (χ4n) is 3.63. The van der Waals surface area contributed by atoms with Gasteiger partial charge in [-0.3, -0.25) is 0 Å². The van der Waals surface area contributed by atoms with Gasteiger partial charge in [0, 0.05) is 25.7 Å². The highest BCUT2D eigenvalue weighted by atomic mass is 79.9. The third kappa shape index (κ3) is 4.80. The Morgan fingerprint density at radius 3 is 2.69 bits per heavy atom. The molecule has 8 heteroatoms. The van der Waals surface area contributed by atoms with Crippen LogP contribution >= 0.6 is 38.9 Å². The first-order valence-electron chi connectivity index (χ1n) is 10.6. The smallest absolute Gasteiger partial charge is 0.363 e. The fourth-order valence-corrected chi connectivity index (χ4v) is 5.49. The van der Waals surface area contributed by atoms with Crippen LogP contribution in [0.5, 0.6) is 5.75 Å². The number of hydrogen-bond acceptors (Lipinski definition) is 6. The average molecular weight is 567 g/mol. The summed E-state index contributed by atoms with van der Waals surface area (Å²) in [5.41, 5.74) is 3.40. The molecule has 3 aromatic carbocycles. The van der Waals surface area contributed by atoms with E-state index in [1.54, 1.807) is 18.2 Å². The summed E-state index contributed by atoms with van der Waals surface area (Å²) >= 11 is 11.2. The van der Waals surface area contributed by atoms with Gasteiger partial charge in [-0.25, -0.2) is 14.6 Å². The van der Waals surface area contributed by atoms with Gasteiger partial charge in [0.05, 0.1) is 5.02 Å². The number of nitrogens with zero attached hydrogens (tertiary/aromatic N) is 1. The van der Waals surface area contributed by atoms with Crippen LogP contribution in [0.15, 0.2) is 75.8 Å². The standard InChI is InChI=1S/C27H17BrClNO4S/c1-14-4-3-5-16(10-14)25-30-20(26(31)34-25)13-17-12-18(28)7-9-21(17)33-27(32)24-23(29)19-8-6-15(2)11-22(19)35-24/h3-13H,1-2H3/b20-13+. The molecule has 0 saturated carbocycles. The van der Waals surface area contributed by atoms with Crippen LogP contribution in [-0.2, 0) is 9.53 Å². The van der Waals surface area contributed by atoms with E-state index in [0.717, 1.165) is 25.7 Å². The van der Waals surface area contributed by atoms with Crippen molar-refractivity contribution >= 4 is 72.9 Å². The number of hydrogen-bond donors (Lipinski definition) is 0. The van der Waals surface area contributed by atoms with Crippen LogP contribution in [0, 0.1) is 13.8 Å². The highest BCUT2D eigenvalue weighted by Crippen LogP contribution is 2.37. The Balaban J connectivity index is 1.48. The van der Waals surface area contributed by atoms with Gasteiger partial charge in [0.15, 0.2) is 5.70 Å². The fraction of sp³-hybridized carbons (Fsp3) is 0.0741. The van der Waals surface area contributed by atoms with Crippen LogP contribution in [-0.4, -0.2) is 17.8 Å². The largest absolute Gasteiger partial charge is 0.422 e. The Kier molecular flexibility index (Phi) is 6.32. The van der Waals surface area contributed by atoms with Crippen molar-refractivity contribution in [3.63, 3.8) is 0 Å². The molecule has 0 aliphatic carbocycles. The zero-order valence-electron chi connectivity index (χ0n) is 18.6. The van der Waals surface area contributed by atoms with Crippen molar-refractivity contribution in [2.24, 2.45) is 4.99 Å². The van der Waals surface area contributed by atoms with E-state index in [0.29, 0.717) is 21.0 Å². The molecule has 1 aliphatic rings. The van der Waals surface area contributed by atoms with Crippen LogP contribution < -0.4 is 4.74 Å². The minimum absolute atomic E-state index is 0.104. The number of aryl methyl sites for hydroxylation is 2. The Morgan fingerprint density at radius 1 is 1.09 bits per heavy atom. The molecule has 0 atom stereocenters. The number of esters is 2. The van der Waals surface area contributed by atoms with E-state index in [1.807, 2.05) is 56.3 Å². The van der Waals surface area contributed by atoms with Gasteiger partial charge in [-0.15, -0.1) is 11.3 Å². The zero-order valence-corrected chi connectivity index (χ0v) is 21.8. The van der Waals surface area contributed by atoms with E-state index in [9.17, 15) is 9.59 Å². The van der Waals surface area contributed by atoms with Crippen molar-refractivity contribution in [3.8, 4) is 5.75 Å². The maximum Gasteiger partial charge on any atom is 0.363 e. The second kappa shape index (κ2) is 9.41. The topological polar surface area (TPSA) is 65.0 Å². The first kappa shape index (κ1) is 23.5. The lowest BCUT2D eigenvalue weighted by molar-refractivity contribution is -0.129. The number of carbonyl (C=O) groups is 2. The summed E-state index contributed by atoms with van der Waals surface area (Å²) in [5, 5.41) is 1.16. The van der Waals surface area contributed by atoms with Crippen LogP contribution in [0.25, 0.3) is 16.2 Å². The summed E-state index contributed by atoms with van der Waals surface area (Å²) in [4.78, 5) is 30.2. The van der Waals surface area contributed by atoms with Crippen LogP contribution in [0.4, 0.5) is 0 Å². The lowest BCUT2D eigenvalue weighted by Gasteiger charge is -2.08. The number of thiophene rings is 1. The molecule has 5 nitrogen and oxygen atoms in total. The predicted octanol–water partition coefficient (Wildman–Crippen LogP) is 7.50. The Labute approximate surface area is 218 Å². The van der Waals surface area contributed by atoms with Crippen molar-refractivity contribution < 1.29 is 19.1 Å². The van der Waals surface area contributed by atoms with E-state index in [1.165, 1.54) is 17.4 Å². The van der Waals surface area contributed by atoms with Gasteiger partial charge in [-0.2, -0.15) is 0 Å². The normalized spacial score (nSPS) is 14.3. The van der Waals surface area contributed by atoms with E-state index >= 15 is 0 Å². The van der Waals surface area contributed by atoms with Gasteiger partial charge in [0.1, 0.15) is 10.6 Å². The molecule has 5 rings (SSSR count). The van der Waals surface area contributed by atoms with Gasteiger partial charge < -0.3 is 9.47 Å². The Morgan fingerprint density at radius 2 is 1.89 bits per heavy atom. The molecule has 0 N–H and O–H groups in total. The molecule has 0 unspecified atom stereocenters. The summed E-state index contributed by atoms with van der Waals surface area (Å²) in [6.07, 6.45) is 1.54. The quantitative estimate of drug-likeness (QED) is 0.146. The lowest BCUT2D eigenvalue weighted by Crippen LogP contribution is -2.08. The van der Waals surface area contributed by atoms with Crippen LogP contribution in [0.2, 0.25) is 5.02 Å². The summed E-state index contributed by atoms with van der Waals surface area (Å²) in [7, 11) is 0. The Bertz CT molecular complexity index is 1590. The van der Waals surface area contributed by atoms with Crippen LogP contribution in [0.3, 0.4) is 0 Å². The number of halogens is 2. The zero-order chi connectivity index (χ0) is 24.7. The van der Waals surface area contributed by atoms with Gasteiger partial charge in [0.2, 0.25) is 5.90 Å². The van der Waals surface area contributed by atoms with E-state index in [-0.39, 0.29) is 17.3 Å². The number of aliphatic imine (C=N–C) groups is 1. The van der Waals surface area contributed by atoms with Crippen molar-refractivity contribution in [2.45, 2.75) is 13.8 Å². The van der Waals surface area contributed by atoms with E-state index in [2.05, 4.69) is 20.9 Å². The summed E-state index contributed by atoms with van der Waals surface area (Å²) in [5.74, 6) is -0.663. The Hall–Kier alpha value is -3.26. The van der Waals surface area contributed by atoms with Gasteiger partial charge in [-0.1, -0.05) is 57.4 Å². The minimum Gasteiger partial charge on any atom is -0.422 e. The summed E-state index contributed by atoms with van der Waals surface area (Å²) in [6, 6.07) is 18.5. The number of cyclic esters (lactones) is 1. The van der Waals surface area contributed by atoms with E-state index < -0.39 is 11.9 Å². The molecule has 0 saturated heterocycles. The van der Waals surface area contributed by atoms with Gasteiger partial charge in [-0.05, 0) is 61.9 Å². The first-order valence-corrected chi connectivity index (χ1v) is 12.6. The number of rotatable bonds is 4. The number of fused-ring (bicyclic) bond motifs is 1. The SMILES string of the molecule is Cc1cccc(C2=N/C(=C/c3cc(Br)ccc3OC(=O)c3sc4cc(C)ccc4c3Cl)C(=O)O2)c1. The molecule has 0 radical (unpaired) electrons. The molecule has 35 heavy (non-hydrogen) atoms. The predicted molar refractivity (Wildman–Crippen MR) is 142 cm³/mol. The lowest BCUT2D eigenvalue weighted by atomic mass is 10.1. The molecule has 174 valence electrons. The third-order valence-electron chi connectivity index (χ3n) is 5.32. The number of benzene rings is 3. The van der Waals surface area contributed by atoms with Crippen molar-refractivity contribution in [2.75, 3.05) is 0 Å². The molecule has 0 spiro atoms. The monoisotopic (exact) mass is 565 g/mol. The van der Waals surface area contributed by atoms with Crippen molar-refractivity contribution in [1.82, 2.24) is 0 Å². The molecule has 4 aromatic rings. The second-order valence-corrected chi connectivity index (χ2v) is 10.4. The second-order valence-electron chi connectivity index (χ2n) is 8.02. The van der Waals surface area contributed by atoms with Gasteiger partial charge in [0.25, 0.3) is 0 Å². The third-order valence-corrected chi connectivity index (χ3v) is 7.45. The maximum atomic E-state index is 13.0. The molecule has 0 bridgehead atoms. The van der Waals surface area contributed by atoms with Crippen LogP contribution in [0.1, 0.15) is 31.9 Å². The van der Waals surface area contributed by atoms with Crippen molar-refractivity contribution in [1.29, 1.82) is 0 Å². The highest BCUT2D eigenvalue weighted by Gasteiger charge is 2.25. The minimum atomic E-state index is -0.582. The maximum absolute atomic E-state index is 13.0. The summed E-state index contributed by atoms with van der Waals surface area (Å²) in [6.45, 7) is 3.93. The molecular formula is C27H17BrClNO4S. The number of ether oxygens (including phenoxy) is 2. The molecule has 1 aliphatic heterocycles. The molecule has 2 heterocycles. The van der Waals surface area contributed by atoms with Gasteiger partial charge >= 0.3 is 11.9 Å². The molecule has 1 aromatic heterocycles. The molecular weight excluding hydrogens is 550 g/mol. The number of carbonyl (C=O) groups excluding carboxylic acids is 2. The average Bonchev–Trinajstić information content (AvgIpc) is 3.35. The van der Waals surface area contributed by atoms with Crippen molar-refractivity contribution in [3.05, 3.63) is 103 Å². The summed E-state index contributed by atoms with van der Waals surface area (Å²) < 4.78 is 12.7. The molecule has 0 amide bonds. The molecule has 0 fully saturated rings.